The molecule has 28 heavy (non-hydrogen) atoms. The molecule has 1 N–H and O–H groups in total. The highest BCUT2D eigenvalue weighted by atomic mass is 35.5. The molecule has 2 nitrogen and oxygen atoms in total. The van der Waals surface area contributed by atoms with Crippen LogP contribution < -0.4 is 5.32 Å². The minimum absolute atomic E-state index is 0.000289. The van der Waals surface area contributed by atoms with Crippen LogP contribution in [0.5, 0.6) is 0 Å². The van der Waals surface area contributed by atoms with Gasteiger partial charge in [0.25, 0.3) is 0 Å². The van der Waals surface area contributed by atoms with Crippen LogP contribution in [0.25, 0.3) is 0 Å². The molecule has 0 aromatic heterocycles. The first-order valence-electron chi connectivity index (χ1n) is 9.68. The average molecular weight is 392 g/mol. The van der Waals surface area contributed by atoms with Gasteiger partial charge in [0.05, 0.1) is 0 Å². The lowest BCUT2D eigenvalue weighted by atomic mass is 9.79. The van der Waals surface area contributed by atoms with E-state index in [9.17, 15) is 4.79 Å². The van der Waals surface area contributed by atoms with Gasteiger partial charge in [-0.2, -0.15) is 0 Å². The molecule has 1 atom stereocenters. The molecule has 3 aromatic carbocycles. The van der Waals surface area contributed by atoms with Crippen molar-refractivity contribution in [3.63, 3.8) is 0 Å². The number of benzene rings is 3. The Morgan fingerprint density at radius 2 is 1.36 bits per heavy atom. The summed E-state index contributed by atoms with van der Waals surface area (Å²) in [7, 11) is 0. The van der Waals surface area contributed by atoms with Crippen LogP contribution in [0.15, 0.2) is 72.8 Å². The third-order valence-electron chi connectivity index (χ3n) is 5.24. The van der Waals surface area contributed by atoms with E-state index in [-0.39, 0.29) is 17.7 Å². The molecule has 1 unspecified atom stereocenters. The quantitative estimate of drug-likeness (QED) is 0.494. The predicted molar refractivity (Wildman–Crippen MR) is 118 cm³/mol. The minimum atomic E-state index is -0.181. The van der Waals surface area contributed by atoms with Crippen LogP contribution in [-0.2, 0) is 4.79 Å². The molecule has 0 saturated carbocycles. The van der Waals surface area contributed by atoms with Gasteiger partial charge in [-0.05, 0) is 54.7 Å². The first-order chi connectivity index (χ1) is 13.5. The minimum Gasteiger partial charge on any atom is -0.325 e. The molecule has 0 radical (unpaired) electrons. The Bertz CT molecular complexity index is 875. The van der Waals surface area contributed by atoms with Gasteiger partial charge in [-0.1, -0.05) is 79.2 Å². The fourth-order valence-corrected chi connectivity index (χ4v) is 4.20. The van der Waals surface area contributed by atoms with E-state index < -0.39 is 0 Å². The van der Waals surface area contributed by atoms with Gasteiger partial charge in [-0.3, -0.25) is 4.79 Å². The van der Waals surface area contributed by atoms with Crippen molar-refractivity contribution in [3.8, 4) is 0 Å². The summed E-state index contributed by atoms with van der Waals surface area (Å²) in [5, 5.41) is 3.87. The van der Waals surface area contributed by atoms with Crippen molar-refractivity contribution >= 4 is 23.2 Å². The summed E-state index contributed by atoms with van der Waals surface area (Å²) in [6.07, 6.45) is 0.742. The molecule has 3 heteroatoms. The Hall–Kier alpha value is -2.58. The van der Waals surface area contributed by atoms with Gasteiger partial charge in [0, 0.05) is 22.5 Å². The summed E-state index contributed by atoms with van der Waals surface area (Å²) in [5.41, 5.74) is 5.11. The number of anilines is 1. The van der Waals surface area contributed by atoms with E-state index in [1.54, 1.807) is 0 Å². The van der Waals surface area contributed by atoms with Gasteiger partial charge < -0.3 is 5.32 Å². The number of carbonyl (C=O) groups excluding carboxylic acids is 1. The summed E-state index contributed by atoms with van der Waals surface area (Å²) in [5.74, 6) is -0.145. The van der Waals surface area contributed by atoms with Crippen molar-refractivity contribution < 1.29 is 4.79 Å². The highest BCUT2D eigenvalue weighted by Gasteiger charge is 2.30. The maximum Gasteiger partial charge on any atom is 0.228 e. The standard InChI is InChI=1S/C25H26ClNO/c1-4-22(25(28)27-24-17(2)15-21(26)16-18(24)3)23(19-11-7-5-8-12-19)20-13-9-6-10-14-20/h5-16,22-23H,4H2,1-3H3,(H,27,28). The summed E-state index contributed by atoms with van der Waals surface area (Å²) in [6.45, 7) is 6.02. The molecule has 1 amide bonds. The lowest BCUT2D eigenvalue weighted by molar-refractivity contribution is -0.120. The Morgan fingerprint density at radius 3 is 1.79 bits per heavy atom. The number of hydrogen-bond acceptors (Lipinski definition) is 1. The van der Waals surface area contributed by atoms with Crippen molar-refractivity contribution in [1.82, 2.24) is 0 Å². The van der Waals surface area contributed by atoms with Gasteiger partial charge in [0.1, 0.15) is 0 Å². The lowest BCUT2D eigenvalue weighted by Gasteiger charge is -2.27. The first kappa shape index (κ1) is 20.2. The van der Waals surface area contributed by atoms with E-state index in [1.807, 2.05) is 62.4 Å². The van der Waals surface area contributed by atoms with Crippen LogP contribution in [0.4, 0.5) is 5.69 Å². The van der Waals surface area contributed by atoms with Crippen LogP contribution in [0.3, 0.4) is 0 Å². The molecule has 0 heterocycles. The van der Waals surface area contributed by atoms with Gasteiger partial charge in [0.2, 0.25) is 5.91 Å². The molecule has 0 aliphatic rings. The van der Waals surface area contributed by atoms with Crippen molar-refractivity contribution in [3.05, 3.63) is 100 Å². The molecule has 0 aliphatic heterocycles. The fourth-order valence-electron chi connectivity index (χ4n) is 3.87. The molecule has 3 rings (SSSR count). The number of carbonyl (C=O) groups is 1. The smallest absolute Gasteiger partial charge is 0.228 e. The van der Waals surface area contributed by atoms with Gasteiger partial charge in [-0.15, -0.1) is 0 Å². The van der Waals surface area contributed by atoms with Gasteiger partial charge >= 0.3 is 0 Å². The SMILES string of the molecule is CCC(C(=O)Nc1c(C)cc(Cl)cc1C)C(c1ccccc1)c1ccccc1. The Balaban J connectivity index is 1.98. The Kier molecular flexibility index (Phi) is 6.53. The average Bonchev–Trinajstić information content (AvgIpc) is 2.70. The van der Waals surface area contributed by atoms with E-state index in [0.717, 1.165) is 34.4 Å². The summed E-state index contributed by atoms with van der Waals surface area (Å²) >= 11 is 6.15. The van der Waals surface area contributed by atoms with E-state index in [0.29, 0.717) is 5.02 Å². The highest BCUT2D eigenvalue weighted by Crippen LogP contribution is 2.35. The molecule has 0 bridgehead atoms. The lowest BCUT2D eigenvalue weighted by Crippen LogP contribution is -2.29. The highest BCUT2D eigenvalue weighted by molar-refractivity contribution is 6.30. The third kappa shape index (κ3) is 4.45. The molecule has 0 fully saturated rings. The van der Waals surface area contributed by atoms with E-state index in [2.05, 4.69) is 36.5 Å². The molecule has 0 spiro atoms. The second-order valence-corrected chi connectivity index (χ2v) is 7.65. The predicted octanol–water partition coefficient (Wildman–Crippen LogP) is 6.75. The summed E-state index contributed by atoms with van der Waals surface area (Å²) in [4.78, 5) is 13.4. The van der Waals surface area contributed by atoms with E-state index in [4.69, 9.17) is 11.6 Å². The molecular formula is C25H26ClNO. The molecule has 144 valence electrons. The maximum absolute atomic E-state index is 13.4. The zero-order valence-corrected chi connectivity index (χ0v) is 17.3. The second kappa shape index (κ2) is 9.07. The largest absolute Gasteiger partial charge is 0.325 e. The number of hydrogen-bond donors (Lipinski definition) is 1. The third-order valence-corrected chi connectivity index (χ3v) is 5.46. The maximum atomic E-state index is 13.4. The second-order valence-electron chi connectivity index (χ2n) is 7.22. The number of rotatable bonds is 6. The van der Waals surface area contributed by atoms with Crippen molar-refractivity contribution in [1.29, 1.82) is 0 Å². The molecule has 0 aliphatic carbocycles. The number of nitrogens with one attached hydrogen (secondary N) is 1. The number of amides is 1. The van der Waals surface area contributed by atoms with E-state index in [1.165, 1.54) is 0 Å². The normalized spacial score (nSPS) is 12.0. The number of halogens is 1. The van der Waals surface area contributed by atoms with Gasteiger partial charge in [-0.25, -0.2) is 0 Å². The zero-order valence-electron chi connectivity index (χ0n) is 16.6. The van der Waals surface area contributed by atoms with Crippen LogP contribution in [0.1, 0.15) is 41.5 Å². The molecule has 3 aromatic rings. The van der Waals surface area contributed by atoms with Crippen LogP contribution in [0, 0.1) is 19.8 Å². The zero-order chi connectivity index (χ0) is 20.1. The van der Waals surface area contributed by atoms with Gasteiger partial charge in [0.15, 0.2) is 0 Å². The van der Waals surface area contributed by atoms with Crippen LogP contribution >= 0.6 is 11.6 Å². The Morgan fingerprint density at radius 1 is 0.893 bits per heavy atom. The fraction of sp³-hybridized carbons (Fsp3) is 0.240. The molecule has 0 saturated heterocycles. The van der Waals surface area contributed by atoms with Crippen LogP contribution in [0.2, 0.25) is 5.02 Å². The van der Waals surface area contributed by atoms with Crippen LogP contribution in [-0.4, -0.2) is 5.91 Å². The summed E-state index contributed by atoms with van der Waals surface area (Å²) < 4.78 is 0. The summed E-state index contributed by atoms with van der Waals surface area (Å²) in [6, 6.07) is 24.3. The first-order valence-corrected chi connectivity index (χ1v) is 10.1. The van der Waals surface area contributed by atoms with Crippen molar-refractivity contribution in [2.24, 2.45) is 5.92 Å². The topological polar surface area (TPSA) is 29.1 Å². The molecular weight excluding hydrogens is 366 g/mol. The Labute approximate surface area is 172 Å². The van der Waals surface area contributed by atoms with Crippen molar-refractivity contribution in [2.75, 3.05) is 5.32 Å². The monoisotopic (exact) mass is 391 g/mol. The van der Waals surface area contributed by atoms with E-state index >= 15 is 0 Å². The number of aryl methyl sites for hydroxylation is 2. The van der Waals surface area contributed by atoms with Crippen molar-refractivity contribution in [2.45, 2.75) is 33.1 Å².